The second-order valence-corrected chi connectivity index (χ2v) is 5.12. The van der Waals surface area contributed by atoms with Gasteiger partial charge in [-0.25, -0.2) is 0 Å². The number of hydrogen-bond donors (Lipinski definition) is 2. The van der Waals surface area contributed by atoms with Crippen molar-refractivity contribution in [2.24, 2.45) is 0 Å². The molecular formula is C18H19N3O2. The Hall–Kier alpha value is -2.79. The molecule has 0 aliphatic carbocycles. The molecule has 2 aromatic carbocycles. The summed E-state index contributed by atoms with van der Waals surface area (Å²) in [5.74, 6) is 0.814. The fourth-order valence-electron chi connectivity index (χ4n) is 2.31. The summed E-state index contributed by atoms with van der Waals surface area (Å²) in [5, 5.41) is 7.41. The van der Waals surface area contributed by atoms with Gasteiger partial charge in [0.15, 0.2) is 0 Å². The van der Waals surface area contributed by atoms with Crippen LogP contribution >= 0.6 is 0 Å². The van der Waals surface area contributed by atoms with E-state index in [1.54, 1.807) is 7.11 Å². The molecule has 3 rings (SSSR count). The number of aromatic amines is 1. The Morgan fingerprint density at radius 3 is 2.57 bits per heavy atom. The van der Waals surface area contributed by atoms with Gasteiger partial charge >= 0.3 is 0 Å². The van der Waals surface area contributed by atoms with Crippen LogP contribution in [0.4, 0.5) is 5.69 Å². The Kier molecular flexibility index (Phi) is 4.59. The van der Waals surface area contributed by atoms with Gasteiger partial charge in [-0.2, -0.15) is 5.10 Å². The average Bonchev–Trinajstić information content (AvgIpc) is 3.06. The average molecular weight is 309 g/mol. The third-order valence-corrected chi connectivity index (χ3v) is 3.54. The maximum Gasteiger partial charge on any atom is 0.119 e. The Morgan fingerprint density at radius 1 is 1.04 bits per heavy atom. The first kappa shape index (κ1) is 15.1. The van der Waals surface area contributed by atoms with Crippen LogP contribution in [-0.2, 0) is 4.74 Å². The summed E-state index contributed by atoms with van der Waals surface area (Å²) in [6, 6.07) is 17.5. The molecule has 0 radical (unpaired) electrons. The van der Waals surface area contributed by atoms with Crippen LogP contribution in [0.2, 0.25) is 0 Å². The number of nitrogens with zero attached hydrogens (tertiary/aromatic N) is 1. The van der Waals surface area contributed by atoms with Gasteiger partial charge in [-0.3, -0.25) is 5.10 Å². The molecule has 0 aliphatic heterocycles. The van der Waals surface area contributed by atoms with Crippen molar-refractivity contribution in [2.45, 2.75) is 0 Å². The smallest absolute Gasteiger partial charge is 0.119 e. The first-order valence-electron chi connectivity index (χ1n) is 7.40. The van der Waals surface area contributed by atoms with Gasteiger partial charge < -0.3 is 15.2 Å². The third-order valence-electron chi connectivity index (χ3n) is 3.54. The number of para-hydroxylation sites is 1. The lowest BCUT2D eigenvalue weighted by Crippen LogP contribution is -2.03. The fourth-order valence-corrected chi connectivity index (χ4v) is 2.31. The summed E-state index contributed by atoms with van der Waals surface area (Å²) < 4.78 is 10.5. The first-order valence-corrected chi connectivity index (χ1v) is 7.40. The Labute approximate surface area is 135 Å². The summed E-state index contributed by atoms with van der Waals surface area (Å²) in [6.07, 6.45) is 0. The van der Waals surface area contributed by atoms with E-state index in [0.717, 1.165) is 34.0 Å². The van der Waals surface area contributed by atoms with Crippen molar-refractivity contribution in [2.75, 3.05) is 26.1 Å². The number of nitrogens with one attached hydrogen (secondary N) is 1. The predicted molar refractivity (Wildman–Crippen MR) is 91.2 cm³/mol. The molecule has 5 nitrogen and oxygen atoms in total. The Bertz CT molecular complexity index is 766. The van der Waals surface area contributed by atoms with Crippen molar-refractivity contribution < 1.29 is 9.47 Å². The summed E-state index contributed by atoms with van der Waals surface area (Å²) in [4.78, 5) is 0. The van der Waals surface area contributed by atoms with E-state index in [0.29, 0.717) is 13.2 Å². The quantitative estimate of drug-likeness (QED) is 0.541. The van der Waals surface area contributed by atoms with Gasteiger partial charge in [-0.05, 0) is 36.4 Å². The summed E-state index contributed by atoms with van der Waals surface area (Å²) in [6.45, 7) is 1.11. The summed E-state index contributed by atoms with van der Waals surface area (Å²) in [5.41, 5.74) is 10.5. The predicted octanol–water partition coefficient (Wildman–Crippen LogP) is 3.35. The number of rotatable bonds is 6. The second-order valence-electron chi connectivity index (χ2n) is 5.12. The number of nitrogen functional groups attached to an aromatic ring is 1. The van der Waals surface area contributed by atoms with Crippen molar-refractivity contribution in [3.05, 3.63) is 54.6 Å². The lowest BCUT2D eigenvalue weighted by atomic mass is 10.1. The molecule has 0 bridgehead atoms. The van der Waals surface area contributed by atoms with Gasteiger partial charge in [0.2, 0.25) is 0 Å². The number of aromatic nitrogens is 2. The number of benzene rings is 2. The van der Waals surface area contributed by atoms with Gasteiger partial charge in [0.25, 0.3) is 0 Å². The van der Waals surface area contributed by atoms with Crippen LogP contribution < -0.4 is 10.5 Å². The van der Waals surface area contributed by atoms with Crippen molar-refractivity contribution in [3.63, 3.8) is 0 Å². The number of anilines is 1. The zero-order valence-corrected chi connectivity index (χ0v) is 13.0. The maximum atomic E-state index is 6.00. The third kappa shape index (κ3) is 3.52. The molecule has 0 spiro atoms. The highest BCUT2D eigenvalue weighted by molar-refractivity contribution is 5.76. The van der Waals surface area contributed by atoms with Crippen molar-refractivity contribution in [1.29, 1.82) is 0 Å². The normalized spacial score (nSPS) is 10.7. The molecule has 1 aromatic heterocycles. The van der Waals surface area contributed by atoms with E-state index < -0.39 is 0 Å². The minimum atomic E-state index is 0.537. The minimum absolute atomic E-state index is 0.537. The SMILES string of the molecule is COCCOc1ccc(-c2cc(-c3ccccc3N)[nH]n2)cc1. The molecule has 118 valence electrons. The molecule has 0 fully saturated rings. The fraction of sp³-hybridized carbons (Fsp3) is 0.167. The van der Waals surface area contributed by atoms with Crippen LogP contribution in [0.5, 0.6) is 5.75 Å². The molecule has 0 amide bonds. The van der Waals surface area contributed by atoms with Crippen LogP contribution in [-0.4, -0.2) is 30.5 Å². The van der Waals surface area contributed by atoms with Crippen LogP contribution in [0.1, 0.15) is 0 Å². The van der Waals surface area contributed by atoms with E-state index in [-0.39, 0.29) is 0 Å². The monoisotopic (exact) mass is 309 g/mol. The summed E-state index contributed by atoms with van der Waals surface area (Å²) >= 11 is 0. The molecule has 0 saturated heterocycles. The topological polar surface area (TPSA) is 73.2 Å². The minimum Gasteiger partial charge on any atom is -0.491 e. The lowest BCUT2D eigenvalue weighted by Gasteiger charge is -2.05. The molecule has 0 atom stereocenters. The van der Waals surface area contributed by atoms with E-state index in [4.69, 9.17) is 15.2 Å². The maximum absolute atomic E-state index is 6.00. The zero-order chi connectivity index (χ0) is 16.1. The zero-order valence-electron chi connectivity index (χ0n) is 13.0. The highest BCUT2D eigenvalue weighted by Crippen LogP contribution is 2.28. The molecule has 0 saturated carbocycles. The number of H-pyrrole nitrogens is 1. The lowest BCUT2D eigenvalue weighted by molar-refractivity contribution is 0.146. The Morgan fingerprint density at radius 2 is 1.83 bits per heavy atom. The van der Waals surface area contributed by atoms with Gasteiger partial charge in [0, 0.05) is 23.9 Å². The number of methoxy groups -OCH3 is 1. The number of hydrogen-bond acceptors (Lipinski definition) is 4. The standard InChI is InChI=1S/C18H19N3O2/c1-22-10-11-23-14-8-6-13(7-9-14)17-12-18(21-20-17)15-4-2-3-5-16(15)19/h2-9,12H,10-11,19H2,1H3,(H,20,21). The highest BCUT2D eigenvalue weighted by atomic mass is 16.5. The van der Waals surface area contributed by atoms with Crippen molar-refractivity contribution in [3.8, 4) is 28.3 Å². The van der Waals surface area contributed by atoms with E-state index in [9.17, 15) is 0 Å². The van der Waals surface area contributed by atoms with Gasteiger partial charge in [0.1, 0.15) is 12.4 Å². The van der Waals surface area contributed by atoms with Crippen LogP contribution in [0, 0.1) is 0 Å². The highest BCUT2D eigenvalue weighted by Gasteiger charge is 2.08. The number of ether oxygens (including phenoxy) is 2. The van der Waals surface area contributed by atoms with E-state index >= 15 is 0 Å². The van der Waals surface area contributed by atoms with Gasteiger partial charge in [-0.1, -0.05) is 18.2 Å². The molecule has 0 unspecified atom stereocenters. The molecule has 3 aromatic rings. The molecule has 23 heavy (non-hydrogen) atoms. The molecule has 5 heteroatoms. The van der Waals surface area contributed by atoms with Crippen molar-refractivity contribution >= 4 is 5.69 Å². The first-order chi connectivity index (χ1) is 11.3. The van der Waals surface area contributed by atoms with Gasteiger partial charge in [0.05, 0.1) is 18.0 Å². The van der Waals surface area contributed by atoms with Gasteiger partial charge in [-0.15, -0.1) is 0 Å². The van der Waals surface area contributed by atoms with Crippen LogP contribution in [0.25, 0.3) is 22.5 Å². The largest absolute Gasteiger partial charge is 0.491 e. The molecule has 0 aliphatic rings. The van der Waals surface area contributed by atoms with Crippen molar-refractivity contribution in [1.82, 2.24) is 10.2 Å². The van der Waals surface area contributed by atoms with E-state index in [1.807, 2.05) is 54.6 Å². The molecule has 1 heterocycles. The summed E-state index contributed by atoms with van der Waals surface area (Å²) in [7, 11) is 1.65. The number of nitrogens with two attached hydrogens (primary N) is 1. The Balaban J connectivity index is 1.77. The second kappa shape index (κ2) is 6.98. The van der Waals surface area contributed by atoms with E-state index in [1.165, 1.54) is 0 Å². The molecule has 3 N–H and O–H groups in total. The van der Waals surface area contributed by atoms with Crippen LogP contribution in [0.15, 0.2) is 54.6 Å². The molecular weight excluding hydrogens is 290 g/mol. The van der Waals surface area contributed by atoms with Crippen LogP contribution in [0.3, 0.4) is 0 Å². The van der Waals surface area contributed by atoms with E-state index in [2.05, 4.69) is 10.2 Å².